The fourth-order valence-corrected chi connectivity index (χ4v) is 1.87. The van der Waals surface area contributed by atoms with Crippen molar-refractivity contribution in [2.75, 3.05) is 18.0 Å². The molecule has 0 saturated heterocycles. The van der Waals surface area contributed by atoms with Crippen LogP contribution in [0.5, 0.6) is 0 Å². The van der Waals surface area contributed by atoms with Gasteiger partial charge < -0.3 is 4.90 Å². The summed E-state index contributed by atoms with van der Waals surface area (Å²) in [4.78, 5) is 1.76. The Morgan fingerprint density at radius 2 is 1.60 bits per heavy atom. The molecule has 0 bridgehead atoms. The van der Waals surface area contributed by atoms with Gasteiger partial charge in [0.25, 0.3) is 0 Å². The number of hydrogen-bond acceptors (Lipinski definition) is 3. The highest BCUT2D eigenvalue weighted by Gasteiger charge is 2.11. The highest BCUT2D eigenvalue weighted by Crippen LogP contribution is 2.18. The summed E-state index contributed by atoms with van der Waals surface area (Å²) in [6.07, 6.45) is 0. The summed E-state index contributed by atoms with van der Waals surface area (Å²) in [5.41, 5.74) is 0.896. The normalized spacial score (nSPS) is 11.4. The van der Waals surface area contributed by atoms with Crippen molar-refractivity contribution in [3.8, 4) is 0 Å². The van der Waals surface area contributed by atoms with E-state index in [1.54, 1.807) is 12.1 Å². The van der Waals surface area contributed by atoms with Gasteiger partial charge in [0.15, 0.2) is 0 Å². The Hall–Kier alpha value is -1.10. The van der Waals surface area contributed by atoms with E-state index in [1.807, 2.05) is 13.8 Å². The van der Waals surface area contributed by atoms with Crippen LogP contribution in [0.1, 0.15) is 13.8 Å². The van der Waals surface area contributed by atoms with E-state index in [0.29, 0.717) is 0 Å². The Kier molecular flexibility index (Phi) is 3.68. The van der Waals surface area contributed by atoms with Crippen molar-refractivity contribution in [2.45, 2.75) is 18.7 Å². The zero-order chi connectivity index (χ0) is 11.5. The number of benzene rings is 1. The van der Waals surface area contributed by atoms with Crippen LogP contribution in [0.2, 0.25) is 0 Å². The van der Waals surface area contributed by atoms with Crippen LogP contribution in [-0.4, -0.2) is 21.5 Å². The molecule has 0 saturated carbocycles. The summed E-state index contributed by atoms with van der Waals surface area (Å²) in [5.74, 6) is 0. The van der Waals surface area contributed by atoms with Crippen molar-refractivity contribution in [2.24, 2.45) is 0 Å². The molecule has 0 aliphatic rings. The van der Waals surface area contributed by atoms with Gasteiger partial charge in [-0.05, 0) is 38.1 Å². The van der Waals surface area contributed by atoms with E-state index in [1.165, 1.54) is 12.1 Å². The van der Waals surface area contributed by atoms with Crippen LogP contribution in [0.25, 0.3) is 0 Å². The van der Waals surface area contributed by atoms with Gasteiger partial charge in [0.1, 0.15) is 0 Å². The predicted molar refractivity (Wildman–Crippen MR) is 58.3 cm³/mol. The molecule has 0 amide bonds. The lowest BCUT2D eigenvalue weighted by Crippen LogP contribution is -2.21. The highest BCUT2D eigenvalue weighted by molar-refractivity contribution is 7.86. The molecule has 0 N–H and O–H groups in total. The molecule has 1 rings (SSSR count). The van der Waals surface area contributed by atoms with Crippen LogP contribution in [0, 0.1) is 0 Å². The first kappa shape index (κ1) is 12.0. The number of rotatable bonds is 4. The fourth-order valence-electron chi connectivity index (χ4n) is 1.41. The summed E-state index contributed by atoms with van der Waals surface area (Å²) in [5, 5.41) is 0. The SMILES string of the molecule is CCN(CC)c1ccc(S(=O)(=O)F)cc1. The lowest BCUT2D eigenvalue weighted by atomic mass is 10.3. The Morgan fingerprint density at radius 1 is 1.13 bits per heavy atom. The lowest BCUT2D eigenvalue weighted by molar-refractivity contribution is 0.552. The molecule has 0 aromatic heterocycles. The molecule has 0 aliphatic carbocycles. The zero-order valence-electron chi connectivity index (χ0n) is 8.77. The van der Waals surface area contributed by atoms with Gasteiger partial charge in [-0.25, -0.2) is 0 Å². The molecular weight excluding hydrogens is 217 g/mol. The zero-order valence-corrected chi connectivity index (χ0v) is 9.59. The molecule has 0 heterocycles. The van der Waals surface area contributed by atoms with Crippen molar-refractivity contribution in [1.82, 2.24) is 0 Å². The second-order valence-electron chi connectivity index (χ2n) is 3.10. The molecule has 0 unspecified atom stereocenters. The topological polar surface area (TPSA) is 37.4 Å². The van der Waals surface area contributed by atoms with Crippen LogP contribution in [0.15, 0.2) is 29.2 Å². The van der Waals surface area contributed by atoms with E-state index in [4.69, 9.17) is 0 Å². The first-order valence-electron chi connectivity index (χ1n) is 4.78. The highest BCUT2D eigenvalue weighted by atomic mass is 32.3. The van der Waals surface area contributed by atoms with E-state index in [0.717, 1.165) is 18.8 Å². The van der Waals surface area contributed by atoms with E-state index >= 15 is 0 Å². The van der Waals surface area contributed by atoms with Crippen LogP contribution in [0.3, 0.4) is 0 Å². The Bertz CT molecular complexity index is 410. The van der Waals surface area contributed by atoms with Crippen molar-refractivity contribution < 1.29 is 12.3 Å². The third-order valence-electron chi connectivity index (χ3n) is 2.25. The van der Waals surface area contributed by atoms with Crippen LogP contribution in [0.4, 0.5) is 9.57 Å². The number of anilines is 1. The minimum atomic E-state index is -4.58. The summed E-state index contributed by atoms with van der Waals surface area (Å²) >= 11 is 0. The summed E-state index contributed by atoms with van der Waals surface area (Å²) in [7, 11) is -4.58. The quantitative estimate of drug-likeness (QED) is 0.745. The molecule has 0 spiro atoms. The van der Waals surface area contributed by atoms with Crippen molar-refractivity contribution in [1.29, 1.82) is 0 Å². The third-order valence-corrected chi connectivity index (χ3v) is 3.08. The molecule has 0 atom stereocenters. The van der Waals surface area contributed by atoms with Gasteiger partial charge >= 0.3 is 10.2 Å². The van der Waals surface area contributed by atoms with Gasteiger partial charge in [0, 0.05) is 18.8 Å². The molecule has 0 fully saturated rings. The van der Waals surface area contributed by atoms with Gasteiger partial charge in [-0.15, -0.1) is 3.89 Å². The summed E-state index contributed by atoms with van der Waals surface area (Å²) < 4.78 is 33.7. The molecule has 84 valence electrons. The van der Waals surface area contributed by atoms with Crippen LogP contribution in [-0.2, 0) is 10.2 Å². The van der Waals surface area contributed by atoms with Gasteiger partial charge in [0.2, 0.25) is 0 Å². The predicted octanol–water partition coefficient (Wildman–Crippen LogP) is 2.19. The molecule has 0 aliphatic heterocycles. The first-order chi connectivity index (χ1) is 6.99. The minimum absolute atomic E-state index is 0.293. The molecular formula is C10H14FNO2S. The second-order valence-corrected chi connectivity index (χ2v) is 4.45. The number of nitrogens with zero attached hydrogens (tertiary/aromatic N) is 1. The number of hydrogen-bond donors (Lipinski definition) is 0. The molecule has 5 heteroatoms. The average molecular weight is 231 g/mol. The van der Waals surface area contributed by atoms with Crippen molar-refractivity contribution in [3.63, 3.8) is 0 Å². The largest absolute Gasteiger partial charge is 0.372 e. The average Bonchev–Trinajstić information content (AvgIpc) is 2.19. The third kappa shape index (κ3) is 2.92. The molecule has 15 heavy (non-hydrogen) atoms. The van der Waals surface area contributed by atoms with Gasteiger partial charge in [0.05, 0.1) is 4.90 Å². The monoisotopic (exact) mass is 231 g/mol. The van der Waals surface area contributed by atoms with Gasteiger partial charge in [-0.1, -0.05) is 0 Å². The second kappa shape index (κ2) is 4.61. The van der Waals surface area contributed by atoms with E-state index in [9.17, 15) is 12.3 Å². The Labute approximate surface area is 89.7 Å². The summed E-state index contributed by atoms with van der Waals surface area (Å²) in [6, 6.07) is 5.78. The van der Waals surface area contributed by atoms with E-state index in [-0.39, 0.29) is 4.90 Å². The van der Waals surface area contributed by atoms with Crippen LogP contribution < -0.4 is 4.90 Å². The smallest absolute Gasteiger partial charge is 0.332 e. The maximum atomic E-state index is 12.6. The van der Waals surface area contributed by atoms with Gasteiger partial charge in [-0.2, -0.15) is 8.42 Å². The Balaban J connectivity index is 3.00. The maximum Gasteiger partial charge on any atom is 0.332 e. The standard InChI is InChI=1S/C10H14FNO2S/c1-3-12(4-2)9-5-7-10(8-6-9)15(11,13)14/h5-8H,3-4H2,1-2H3. The Morgan fingerprint density at radius 3 is 1.93 bits per heavy atom. The number of halogens is 1. The van der Waals surface area contributed by atoms with Gasteiger partial charge in [-0.3, -0.25) is 0 Å². The molecule has 3 nitrogen and oxygen atoms in total. The van der Waals surface area contributed by atoms with E-state index < -0.39 is 10.2 Å². The molecule has 0 radical (unpaired) electrons. The van der Waals surface area contributed by atoms with Crippen molar-refractivity contribution >= 4 is 15.9 Å². The van der Waals surface area contributed by atoms with Crippen LogP contribution >= 0.6 is 0 Å². The summed E-state index contributed by atoms with van der Waals surface area (Å²) in [6.45, 7) is 5.67. The van der Waals surface area contributed by atoms with Crippen molar-refractivity contribution in [3.05, 3.63) is 24.3 Å². The molecule has 1 aromatic carbocycles. The first-order valence-corrected chi connectivity index (χ1v) is 6.17. The lowest BCUT2D eigenvalue weighted by Gasteiger charge is -2.20. The molecule has 1 aromatic rings. The fraction of sp³-hybridized carbons (Fsp3) is 0.400. The maximum absolute atomic E-state index is 12.6. The minimum Gasteiger partial charge on any atom is -0.372 e. The van der Waals surface area contributed by atoms with E-state index in [2.05, 4.69) is 4.90 Å².